The number of para-hydroxylation sites is 2. The van der Waals surface area contributed by atoms with Crippen LogP contribution in [0.2, 0.25) is 0 Å². The topological polar surface area (TPSA) is 132 Å². The van der Waals surface area contributed by atoms with Crippen LogP contribution in [0.15, 0.2) is 54.7 Å². The Morgan fingerprint density at radius 3 is 2.65 bits per heavy atom. The van der Waals surface area contributed by atoms with Crippen LogP contribution in [-0.4, -0.2) is 38.9 Å². The maximum absolute atomic E-state index is 13.1. The van der Waals surface area contributed by atoms with Crippen molar-refractivity contribution in [1.82, 2.24) is 14.6 Å². The number of carbonyl (C=O) groups is 3. The normalized spacial score (nSPS) is 12.6. The molecule has 3 amide bonds. The van der Waals surface area contributed by atoms with Crippen LogP contribution < -0.4 is 15.5 Å². The maximum Gasteiger partial charge on any atom is 0.258 e. The van der Waals surface area contributed by atoms with Crippen LogP contribution in [-0.2, 0) is 16.0 Å². The molecule has 10 heteroatoms. The molecule has 3 heterocycles. The number of carbonyl (C=O) groups excluding carboxylic acids is 3. The molecule has 0 saturated heterocycles. The lowest BCUT2D eigenvalue weighted by molar-refractivity contribution is -0.116. The standard InChI is InChI=1S/C27H23N7O3/c1-16-21(17(2)34-26(30-16)19(13-28)14-29-34)11-12-24(35)31-20-9-7-18(8-10-20)27(37)33-15-25(36)32-22-5-3-4-6-23(22)33/h3-10,14H,11-12,15H2,1-2H3,(H,31,35)(H,32,36). The summed E-state index contributed by atoms with van der Waals surface area (Å²) in [6.45, 7) is 3.68. The number of anilines is 3. The molecule has 0 spiro atoms. The van der Waals surface area contributed by atoms with Gasteiger partial charge in [-0.25, -0.2) is 9.50 Å². The third-order valence-electron chi connectivity index (χ3n) is 6.36. The third kappa shape index (κ3) is 4.50. The fourth-order valence-electron chi connectivity index (χ4n) is 4.48. The number of aromatic nitrogens is 3. The lowest BCUT2D eigenvalue weighted by Gasteiger charge is -2.29. The molecule has 2 N–H and O–H groups in total. The van der Waals surface area contributed by atoms with Crippen LogP contribution in [0.3, 0.4) is 0 Å². The predicted octanol–water partition coefficient (Wildman–Crippen LogP) is 3.39. The van der Waals surface area contributed by atoms with Crippen molar-refractivity contribution in [1.29, 1.82) is 5.26 Å². The van der Waals surface area contributed by atoms with Crippen molar-refractivity contribution in [2.24, 2.45) is 0 Å². The molecule has 0 fully saturated rings. The second-order valence-electron chi connectivity index (χ2n) is 8.75. The number of nitrogens with zero attached hydrogens (tertiary/aromatic N) is 5. The van der Waals surface area contributed by atoms with Crippen LogP contribution in [0.1, 0.15) is 39.3 Å². The third-order valence-corrected chi connectivity index (χ3v) is 6.36. The van der Waals surface area contributed by atoms with Gasteiger partial charge in [0.2, 0.25) is 11.8 Å². The number of benzene rings is 2. The number of fused-ring (bicyclic) bond motifs is 2. The van der Waals surface area contributed by atoms with E-state index in [0.717, 1.165) is 17.0 Å². The van der Waals surface area contributed by atoms with E-state index in [2.05, 4.69) is 26.8 Å². The molecule has 1 aliphatic rings. The number of nitrogens with one attached hydrogen (secondary N) is 2. The molecule has 10 nitrogen and oxygen atoms in total. The van der Waals surface area contributed by atoms with Gasteiger partial charge in [-0.3, -0.25) is 19.3 Å². The number of rotatable bonds is 5. The predicted molar refractivity (Wildman–Crippen MR) is 137 cm³/mol. The van der Waals surface area contributed by atoms with E-state index in [-0.39, 0.29) is 30.7 Å². The molecular formula is C27H23N7O3. The molecule has 0 aliphatic carbocycles. The summed E-state index contributed by atoms with van der Waals surface area (Å²) in [5.41, 5.74) is 5.62. The second kappa shape index (κ2) is 9.54. The van der Waals surface area contributed by atoms with Crippen molar-refractivity contribution >= 4 is 40.4 Å². The van der Waals surface area contributed by atoms with Crippen LogP contribution in [0.5, 0.6) is 0 Å². The van der Waals surface area contributed by atoms with Gasteiger partial charge in [-0.1, -0.05) is 12.1 Å². The lowest BCUT2D eigenvalue weighted by atomic mass is 10.1. The molecule has 4 aromatic rings. The fourth-order valence-corrected chi connectivity index (χ4v) is 4.48. The van der Waals surface area contributed by atoms with Crippen molar-refractivity contribution in [2.45, 2.75) is 26.7 Å². The average molecular weight is 494 g/mol. The average Bonchev–Trinajstić information content (AvgIpc) is 3.31. The minimum Gasteiger partial charge on any atom is -0.326 e. The molecule has 5 rings (SSSR count). The van der Waals surface area contributed by atoms with Crippen molar-refractivity contribution in [2.75, 3.05) is 22.1 Å². The van der Waals surface area contributed by atoms with E-state index in [1.807, 2.05) is 19.9 Å². The molecule has 1 aliphatic heterocycles. The Labute approximate surface area is 212 Å². The molecule has 0 atom stereocenters. The highest BCUT2D eigenvalue weighted by Gasteiger charge is 2.27. The molecule has 2 aromatic carbocycles. The van der Waals surface area contributed by atoms with E-state index >= 15 is 0 Å². The van der Waals surface area contributed by atoms with Gasteiger partial charge < -0.3 is 10.6 Å². The van der Waals surface area contributed by atoms with Crippen molar-refractivity contribution < 1.29 is 14.4 Å². The van der Waals surface area contributed by atoms with Gasteiger partial charge in [-0.2, -0.15) is 10.4 Å². The number of hydrogen-bond acceptors (Lipinski definition) is 6. The Balaban J connectivity index is 1.25. The summed E-state index contributed by atoms with van der Waals surface area (Å²) in [6.07, 6.45) is 2.17. The summed E-state index contributed by atoms with van der Waals surface area (Å²) in [6, 6.07) is 15.8. The summed E-state index contributed by atoms with van der Waals surface area (Å²) in [5, 5.41) is 19.1. The highest BCUT2D eigenvalue weighted by molar-refractivity contribution is 6.15. The van der Waals surface area contributed by atoms with Crippen molar-refractivity contribution in [3.05, 3.63) is 82.8 Å². The van der Waals surface area contributed by atoms with Crippen LogP contribution >= 0.6 is 0 Å². The summed E-state index contributed by atoms with van der Waals surface area (Å²) >= 11 is 0. The zero-order chi connectivity index (χ0) is 26.1. The smallest absolute Gasteiger partial charge is 0.258 e. The van der Waals surface area contributed by atoms with Crippen LogP contribution in [0.4, 0.5) is 17.1 Å². The lowest BCUT2D eigenvalue weighted by Crippen LogP contribution is -2.42. The first-order valence-electron chi connectivity index (χ1n) is 11.7. The fraction of sp³-hybridized carbons (Fsp3) is 0.185. The highest BCUT2D eigenvalue weighted by atomic mass is 16.2. The van der Waals surface area contributed by atoms with E-state index in [4.69, 9.17) is 0 Å². The summed E-state index contributed by atoms with van der Waals surface area (Å²) < 4.78 is 1.62. The highest BCUT2D eigenvalue weighted by Crippen LogP contribution is 2.30. The summed E-state index contributed by atoms with van der Waals surface area (Å²) in [7, 11) is 0. The number of hydrogen-bond donors (Lipinski definition) is 2. The Bertz CT molecular complexity index is 1600. The molecule has 0 saturated carbocycles. The van der Waals surface area contributed by atoms with Gasteiger partial charge in [-0.15, -0.1) is 0 Å². The first-order valence-corrected chi connectivity index (χ1v) is 11.7. The maximum atomic E-state index is 13.1. The molecule has 37 heavy (non-hydrogen) atoms. The summed E-state index contributed by atoms with van der Waals surface area (Å²) in [5.74, 6) is -0.737. The molecular weight excluding hydrogens is 470 g/mol. The first kappa shape index (κ1) is 23.7. The van der Waals surface area contributed by atoms with Gasteiger partial charge in [0.15, 0.2) is 5.65 Å². The van der Waals surface area contributed by atoms with E-state index in [1.165, 1.54) is 11.1 Å². The minimum absolute atomic E-state index is 0.0653. The summed E-state index contributed by atoms with van der Waals surface area (Å²) in [4.78, 5) is 43.7. The first-order chi connectivity index (χ1) is 17.9. The van der Waals surface area contributed by atoms with E-state index in [0.29, 0.717) is 40.3 Å². The van der Waals surface area contributed by atoms with Gasteiger partial charge >= 0.3 is 0 Å². The zero-order valence-electron chi connectivity index (χ0n) is 20.3. The largest absolute Gasteiger partial charge is 0.326 e. The van der Waals surface area contributed by atoms with Crippen molar-refractivity contribution in [3.63, 3.8) is 0 Å². The van der Waals surface area contributed by atoms with Gasteiger partial charge in [0.1, 0.15) is 18.2 Å². The Kier molecular flexibility index (Phi) is 6.11. The molecule has 184 valence electrons. The van der Waals surface area contributed by atoms with Crippen molar-refractivity contribution in [3.8, 4) is 6.07 Å². The molecule has 0 radical (unpaired) electrons. The Hall–Kier alpha value is -5.04. The molecule has 0 bridgehead atoms. The molecule has 2 aromatic heterocycles. The zero-order valence-corrected chi connectivity index (χ0v) is 20.3. The Morgan fingerprint density at radius 2 is 1.89 bits per heavy atom. The Morgan fingerprint density at radius 1 is 1.14 bits per heavy atom. The van der Waals surface area contributed by atoms with Gasteiger partial charge in [-0.05, 0) is 62.2 Å². The van der Waals surface area contributed by atoms with Gasteiger partial charge in [0.25, 0.3) is 5.91 Å². The second-order valence-corrected chi connectivity index (χ2v) is 8.75. The van der Waals surface area contributed by atoms with E-state index in [9.17, 15) is 19.6 Å². The van der Waals surface area contributed by atoms with E-state index < -0.39 is 0 Å². The minimum atomic E-state index is -0.299. The SMILES string of the molecule is Cc1nc2c(C#N)cnn2c(C)c1CCC(=O)Nc1ccc(C(=O)N2CC(=O)Nc3ccccc32)cc1. The van der Waals surface area contributed by atoms with Gasteiger partial charge in [0, 0.05) is 29.1 Å². The quantitative estimate of drug-likeness (QED) is 0.438. The van der Waals surface area contributed by atoms with E-state index in [1.54, 1.807) is 47.0 Å². The van der Waals surface area contributed by atoms with Gasteiger partial charge in [0.05, 0.1) is 17.6 Å². The van der Waals surface area contributed by atoms with Crippen LogP contribution in [0, 0.1) is 25.2 Å². The monoisotopic (exact) mass is 493 g/mol. The number of nitriles is 1. The van der Waals surface area contributed by atoms with Crippen LogP contribution in [0.25, 0.3) is 5.65 Å². The number of aryl methyl sites for hydroxylation is 2. The molecule has 0 unspecified atom stereocenters. The number of amides is 3.